The molecule has 0 bridgehead atoms. The fourth-order valence-corrected chi connectivity index (χ4v) is 2.53. The highest BCUT2D eigenvalue weighted by Gasteiger charge is 2.36. The average Bonchev–Trinajstić information content (AvgIpc) is 2.15. The van der Waals surface area contributed by atoms with E-state index < -0.39 is 11.6 Å². The molecule has 0 aromatic rings. The Morgan fingerprint density at radius 3 is 2.31 bits per heavy atom. The first-order valence-electron chi connectivity index (χ1n) is 6.28. The molecule has 0 aromatic heterocycles. The van der Waals surface area contributed by atoms with Crippen LogP contribution >= 0.6 is 0 Å². The number of hydrogen-bond donors (Lipinski definition) is 3. The largest absolute Gasteiger partial charge is 0.481 e. The third-order valence-corrected chi connectivity index (χ3v) is 4.09. The summed E-state index contributed by atoms with van der Waals surface area (Å²) in [5.74, 6) is -0.960. The van der Waals surface area contributed by atoms with Crippen molar-refractivity contribution in [2.24, 2.45) is 5.92 Å². The van der Waals surface area contributed by atoms with E-state index in [4.69, 9.17) is 5.11 Å². The Balaban J connectivity index is 1.74. The minimum absolute atomic E-state index is 0.246. The van der Waals surface area contributed by atoms with Crippen molar-refractivity contribution < 1.29 is 15.0 Å². The van der Waals surface area contributed by atoms with Crippen molar-refractivity contribution >= 4 is 5.97 Å². The number of carboxylic acid groups (broad SMARTS) is 1. The second-order valence-corrected chi connectivity index (χ2v) is 5.35. The molecule has 0 atom stereocenters. The van der Waals surface area contributed by atoms with E-state index >= 15 is 0 Å². The molecule has 0 unspecified atom stereocenters. The standard InChI is InChI=1S/C12H21NO3/c14-11(15)9-4-6-12(16,7-5-9)8-13-10-2-1-3-10/h9-10,13,16H,1-8H2,(H,14,15). The molecule has 4 heteroatoms. The molecule has 0 aromatic carbocycles. The van der Waals surface area contributed by atoms with Gasteiger partial charge in [0, 0.05) is 12.6 Å². The number of carbonyl (C=O) groups is 1. The van der Waals surface area contributed by atoms with Crippen molar-refractivity contribution in [2.45, 2.75) is 56.6 Å². The lowest BCUT2D eigenvalue weighted by molar-refractivity contribution is -0.144. The summed E-state index contributed by atoms with van der Waals surface area (Å²) in [6.45, 7) is 0.629. The van der Waals surface area contributed by atoms with Crippen LogP contribution in [0.25, 0.3) is 0 Å². The van der Waals surface area contributed by atoms with Crippen LogP contribution in [0.4, 0.5) is 0 Å². The molecule has 2 rings (SSSR count). The molecule has 0 aliphatic heterocycles. The van der Waals surface area contributed by atoms with Gasteiger partial charge in [-0.1, -0.05) is 6.42 Å². The van der Waals surface area contributed by atoms with Crippen LogP contribution < -0.4 is 5.32 Å². The summed E-state index contributed by atoms with van der Waals surface area (Å²) in [4.78, 5) is 10.8. The number of aliphatic hydroxyl groups is 1. The number of carboxylic acids is 1. The first-order valence-corrected chi connectivity index (χ1v) is 6.28. The Bertz CT molecular complexity index is 255. The average molecular weight is 227 g/mol. The van der Waals surface area contributed by atoms with E-state index in [2.05, 4.69) is 5.32 Å². The fraction of sp³-hybridized carbons (Fsp3) is 0.917. The van der Waals surface area contributed by atoms with E-state index in [1.807, 2.05) is 0 Å². The predicted octanol–water partition coefficient (Wildman–Crippen LogP) is 1.13. The lowest BCUT2D eigenvalue weighted by Gasteiger charge is -2.37. The molecule has 0 saturated heterocycles. The molecule has 0 heterocycles. The van der Waals surface area contributed by atoms with Crippen LogP contribution in [0.5, 0.6) is 0 Å². The maximum Gasteiger partial charge on any atom is 0.306 e. The van der Waals surface area contributed by atoms with E-state index in [1.54, 1.807) is 0 Å². The van der Waals surface area contributed by atoms with Gasteiger partial charge < -0.3 is 15.5 Å². The zero-order valence-corrected chi connectivity index (χ0v) is 9.61. The van der Waals surface area contributed by atoms with Gasteiger partial charge in [-0.2, -0.15) is 0 Å². The van der Waals surface area contributed by atoms with Crippen LogP contribution in [0, 0.1) is 5.92 Å². The third-order valence-electron chi connectivity index (χ3n) is 4.09. The monoisotopic (exact) mass is 227 g/mol. The number of nitrogens with one attached hydrogen (secondary N) is 1. The van der Waals surface area contributed by atoms with E-state index in [-0.39, 0.29) is 5.92 Å². The van der Waals surface area contributed by atoms with Gasteiger partial charge in [0.1, 0.15) is 0 Å². The van der Waals surface area contributed by atoms with Crippen LogP contribution in [-0.4, -0.2) is 34.4 Å². The Morgan fingerprint density at radius 2 is 1.88 bits per heavy atom. The van der Waals surface area contributed by atoms with E-state index in [9.17, 15) is 9.90 Å². The number of aliphatic carboxylic acids is 1. The summed E-state index contributed by atoms with van der Waals surface area (Å²) >= 11 is 0. The summed E-state index contributed by atoms with van der Waals surface area (Å²) < 4.78 is 0. The van der Waals surface area contributed by atoms with Gasteiger partial charge in [0.05, 0.1) is 11.5 Å². The summed E-state index contributed by atoms with van der Waals surface area (Å²) in [5, 5.41) is 22.5. The first kappa shape index (κ1) is 11.9. The van der Waals surface area contributed by atoms with E-state index in [0.29, 0.717) is 38.3 Å². The van der Waals surface area contributed by atoms with Gasteiger partial charge in [0.25, 0.3) is 0 Å². The smallest absolute Gasteiger partial charge is 0.306 e. The quantitative estimate of drug-likeness (QED) is 0.673. The van der Waals surface area contributed by atoms with Gasteiger partial charge in [0.2, 0.25) is 0 Å². The summed E-state index contributed by atoms with van der Waals surface area (Å²) in [6, 6.07) is 0.584. The summed E-state index contributed by atoms with van der Waals surface area (Å²) in [5.41, 5.74) is -0.665. The van der Waals surface area contributed by atoms with Gasteiger partial charge in [0.15, 0.2) is 0 Å². The molecule has 3 N–H and O–H groups in total. The fourth-order valence-electron chi connectivity index (χ4n) is 2.53. The van der Waals surface area contributed by atoms with Crippen LogP contribution in [0.1, 0.15) is 44.9 Å². The zero-order chi connectivity index (χ0) is 11.6. The second kappa shape index (κ2) is 4.72. The molecule has 0 spiro atoms. The molecular weight excluding hydrogens is 206 g/mol. The molecule has 2 saturated carbocycles. The molecule has 2 fully saturated rings. The molecule has 4 nitrogen and oxygen atoms in total. The molecule has 2 aliphatic carbocycles. The van der Waals surface area contributed by atoms with Gasteiger partial charge in [-0.3, -0.25) is 4.79 Å². The molecule has 2 aliphatic rings. The highest BCUT2D eigenvalue weighted by molar-refractivity contribution is 5.70. The Labute approximate surface area is 96.0 Å². The van der Waals surface area contributed by atoms with Crippen molar-refractivity contribution in [3.63, 3.8) is 0 Å². The van der Waals surface area contributed by atoms with Crippen molar-refractivity contribution in [3.05, 3.63) is 0 Å². The lowest BCUT2D eigenvalue weighted by Crippen LogP contribution is -2.48. The lowest BCUT2D eigenvalue weighted by atomic mass is 9.78. The molecule has 92 valence electrons. The van der Waals surface area contributed by atoms with Crippen molar-refractivity contribution in [2.75, 3.05) is 6.54 Å². The van der Waals surface area contributed by atoms with Crippen molar-refractivity contribution in [1.29, 1.82) is 0 Å². The highest BCUT2D eigenvalue weighted by Crippen LogP contribution is 2.32. The van der Waals surface area contributed by atoms with Gasteiger partial charge in [-0.25, -0.2) is 0 Å². The van der Waals surface area contributed by atoms with Gasteiger partial charge in [-0.05, 0) is 38.5 Å². The van der Waals surface area contributed by atoms with Crippen LogP contribution in [0.3, 0.4) is 0 Å². The summed E-state index contributed by atoms with van der Waals surface area (Å²) in [7, 11) is 0. The Morgan fingerprint density at radius 1 is 1.25 bits per heavy atom. The van der Waals surface area contributed by atoms with E-state index in [0.717, 1.165) is 0 Å². The summed E-state index contributed by atoms with van der Waals surface area (Å²) in [6.07, 6.45) is 6.17. The minimum atomic E-state index is -0.714. The second-order valence-electron chi connectivity index (χ2n) is 5.35. The van der Waals surface area contributed by atoms with Crippen molar-refractivity contribution in [3.8, 4) is 0 Å². The molecule has 16 heavy (non-hydrogen) atoms. The normalized spacial score (nSPS) is 35.7. The Hall–Kier alpha value is -0.610. The number of rotatable bonds is 4. The molecule has 0 amide bonds. The Kier molecular flexibility index (Phi) is 3.50. The van der Waals surface area contributed by atoms with Crippen LogP contribution in [0.2, 0.25) is 0 Å². The molecular formula is C12H21NO3. The number of hydrogen-bond acceptors (Lipinski definition) is 3. The van der Waals surface area contributed by atoms with Crippen LogP contribution in [-0.2, 0) is 4.79 Å². The minimum Gasteiger partial charge on any atom is -0.481 e. The van der Waals surface area contributed by atoms with E-state index in [1.165, 1.54) is 19.3 Å². The highest BCUT2D eigenvalue weighted by atomic mass is 16.4. The zero-order valence-electron chi connectivity index (χ0n) is 9.61. The van der Waals surface area contributed by atoms with Gasteiger partial charge in [-0.15, -0.1) is 0 Å². The predicted molar refractivity (Wildman–Crippen MR) is 60.2 cm³/mol. The third kappa shape index (κ3) is 2.74. The first-order chi connectivity index (χ1) is 7.59. The maximum absolute atomic E-state index is 10.8. The SMILES string of the molecule is O=C(O)C1CCC(O)(CNC2CCC2)CC1. The molecule has 0 radical (unpaired) electrons. The maximum atomic E-state index is 10.8. The van der Waals surface area contributed by atoms with Crippen molar-refractivity contribution in [1.82, 2.24) is 5.32 Å². The van der Waals surface area contributed by atoms with Crippen LogP contribution in [0.15, 0.2) is 0 Å². The van der Waals surface area contributed by atoms with Gasteiger partial charge >= 0.3 is 5.97 Å². The topological polar surface area (TPSA) is 69.6 Å².